The van der Waals surface area contributed by atoms with E-state index in [1.165, 1.54) is 39.7 Å². The average molecular weight is 238 g/mol. The zero-order chi connectivity index (χ0) is 13.3. The number of hydrogen-bond acceptors (Lipinski definition) is 2. The lowest BCUT2D eigenvalue weighted by Gasteiger charge is -2.23. The van der Waals surface area contributed by atoms with Gasteiger partial charge in [0.1, 0.15) is 0 Å². The summed E-state index contributed by atoms with van der Waals surface area (Å²) in [6.45, 7) is 9.84. The van der Waals surface area contributed by atoms with Crippen molar-refractivity contribution in [3.05, 3.63) is 24.3 Å². The Balaban J connectivity index is 0.000000437. The maximum Gasteiger partial charge on any atom is 0.302 e. The van der Waals surface area contributed by atoms with Gasteiger partial charge in [0.2, 0.25) is 0 Å². The monoisotopic (exact) mass is 238 g/mol. The molecule has 0 bridgehead atoms. The first-order valence-electron chi connectivity index (χ1n) is 6.39. The van der Waals surface area contributed by atoms with Gasteiger partial charge < -0.3 is 4.74 Å². The molecular formula is C15H26O2. The number of hydrogen-bond donors (Lipinski definition) is 0. The van der Waals surface area contributed by atoms with Crippen molar-refractivity contribution in [2.24, 2.45) is 11.8 Å². The first kappa shape index (κ1) is 16.0. The highest BCUT2D eigenvalue weighted by molar-refractivity contribution is 5.65. The van der Waals surface area contributed by atoms with Gasteiger partial charge >= 0.3 is 5.97 Å². The van der Waals surface area contributed by atoms with Crippen molar-refractivity contribution in [3.8, 4) is 0 Å². The fraction of sp³-hybridized carbons (Fsp3) is 0.667. The van der Waals surface area contributed by atoms with E-state index < -0.39 is 0 Å². The van der Waals surface area contributed by atoms with E-state index in [2.05, 4.69) is 37.3 Å². The van der Waals surface area contributed by atoms with Gasteiger partial charge in [0.25, 0.3) is 0 Å². The van der Waals surface area contributed by atoms with E-state index in [1.54, 1.807) is 5.57 Å². The van der Waals surface area contributed by atoms with Crippen LogP contribution in [0.1, 0.15) is 46.5 Å². The Hall–Kier alpha value is -1.05. The highest BCUT2D eigenvalue weighted by Crippen LogP contribution is 2.29. The Morgan fingerprint density at radius 3 is 2.35 bits per heavy atom. The molecule has 0 aromatic rings. The Labute approximate surface area is 106 Å². The maximum absolute atomic E-state index is 9.59. The van der Waals surface area contributed by atoms with Crippen LogP contribution in [0.25, 0.3) is 0 Å². The zero-order valence-corrected chi connectivity index (χ0v) is 11.7. The van der Waals surface area contributed by atoms with Crippen LogP contribution in [0, 0.1) is 11.8 Å². The van der Waals surface area contributed by atoms with Crippen LogP contribution in [-0.4, -0.2) is 13.1 Å². The van der Waals surface area contributed by atoms with Crippen molar-refractivity contribution < 1.29 is 9.53 Å². The smallest absolute Gasteiger partial charge is 0.302 e. The van der Waals surface area contributed by atoms with Gasteiger partial charge in [0.15, 0.2) is 0 Å². The third-order valence-corrected chi connectivity index (χ3v) is 3.01. The average Bonchev–Trinajstić information content (AvgIpc) is 2.31. The summed E-state index contributed by atoms with van der Waals surface area (Å²) < 4.78 is 4.11. The van der Waals surface area contributed by atoms with Gasteiger partial charge in [-0.15, -0.1) is 6.58 Å². The van der Waals surface area contributed by atoms with Crippen LogP contribution >= 0.6 is 0 Å². The lowest BCUT2D eigenvalue weighted by Crippen LogP contribution is -2.10. The van der Waals surface area contributed by atoms with E-state index >= 15 is 0 Å². The Morgan fingerprint density at radius 1 is 1.47 bits per heavy atom. The minimum atomic E-state index is -0.245. The van der Waals surface area contributed by atoms with Gasteiger partial charge in [-0.05, 0) is 37.5 Å². The molecule has 98 valence electrons. The predicted molar refractivity (Wildman–Crippen MR) is 72.8 cm³/mol. The Morgan fingerprint density at radius 2 is 2.06 bits per heavy atom. The molecule has 0 heterocycles. The highest BCUT2D eigenvalue weighted by Gasteiger charge is 2.15. The van der Waals surface area contributed by atoms with Crippen molar-refractivity contribution in [2.45, 2.75) is 46.5 Å². The van der Waals surface area contributed by atoms with E-state index in [0.717, 1.165) is 0 Å². The molecule has 0 aliphatic heterocycles. The molecule has 1 aliphatic rings. The van der Waals surface area contributed by atoms with Crippen LogP contribution in [0.4, 0.5) is 0 Å². The molecule has 0 saturated carbocycles. The third kappa shape index (κ3) is 6.98. The van der Waals surface area contributed by atoms with Crippen LogP contribution in [0.15, 0.2) is 24.3 Å². The maximum atomic E-state index is 9.59. The third-order valence-electron chi connectivity index (χ3n) is 3.01. The summed E-state index contributed by atoms with van der Waals surface area (Å²) in [4.78, 5) is 9.59. The number of carbonyl (C=O) groups is 1. The van der Waals surface area contributed by atoms with Crippen LogP contribution < -0.4 is 0 Å². The molecule has 1 unspecified atom stereocenters. The zero-order valence-electron chi connectivity index (χ0n) is 11.7. The number of methoxy groups -OCH3 is 1. The number of ether oxygens (including phenoxy) is 1. The molecule has 1 rings (SSSR count). The molecule has 2 heteroatoms. The second-order valence-corrected chi connectivity index (χ2v) is 4.73. The lowest BCUT2D eigenvalue weighted by molar-refractivity contribution is -0.137. The molecule has 0 amide bonds. The Bertz CT molecular complexity index is 264. The molecule has 2 nitrogen and oxygen atoms in total. The van der Waals surface area contributed by atoms with Crippen LogP contribution in [0.2, 0.25) is 0 Å². The van der Waals surface area contributed by atoms with Gasteiger partial charge in [-0.2, -0.15) is 0 Å². The molecule has 0 radical (unpaired) electrons. The van der Waals surface area contributed by atoms with Crippen molar-refractivity contribution in [1.29, 1.82) is 0 Å². The molecule has 17 heavy (non-hydrogen) atoms. The summed E-state index contributed by atoms with van der Waals surface area (Å²) in [5.41, 5.74) is 1.63. The fourth-order valence-electron chi connectivity index (χ4n) is 2.02. The van der Waals surface area contributed by atoms with Crippen molar-refractivity contribution in [3.63, 3.8) is 0 Å². The van der Waals surface area contributed by atoms with Crippen molar-refractivity contribution in [1.82, 2.24) is 0 Å². The van der Waals surface area contributed by atoms with Gasteiger partial charge in [0.05, 0.1) is 7.11 Å². The van der Waals surface area contributed by atoms with Gasteiger partial charge in [-0.25, -0.2) is 0 Å². The summed E-state index contributed by atoms with van der Waals surface area (Å²) in [5.74, 6) is 1.10. The molecule has 0 N–H and O–H groups in total. The molecular weight excluding hydrogens is 212 g/mol. The minimum absolute atomic E-state index is 0.245. The number of carbonyl (C=O) groups excluding carboxylic acids is 1. The molecule has 0 spiro atoms. The standard InChI is InChI=1S/C12H20.C3H6O2/c1-4-12(10(2)3)11-8-6-5-7-9-11;1-3(4)5-2/h4,8,10,12H,1,5-7,9H2,2-3H3;1-2H3. The van der Waals surface area contributed by atoms with E-state index in [0.29, 0.717) is 11.8 Å². The van der Waals surface area contributed by atoms with E-state index in [-0.39, 0.29) is 5.97 Å². The fourth-order valence-corrected chi connectivity index (χ4v) is 2.02. The first-order valence-corrected chi connectivity index (χ1v) is 6.39. The second-order valence-electron chi connectivity index (χ2n) is 4.73. The topological polar surface area (TPSA) is 26.3 Å². The highest BCUT2D eigenvalue weighted by atomic mass is 16.5. The second kappa shape index (κ2) is 9.03. The van der Waals surface area contributed by atoms with Crippen LogP contribution in [-0.2, 0) is 9.53 Å². The molecule has 1 atom stereocenters. The summed E-state index contributed by atoms with van der Waals surface area (Å²) in [5, 5.41) is 0. The Kier molecular flexibility index (Phi) is 8.47. The van der Waals surface area contributed by atoms with Gasteiger partial charge in [-0.3, -0.25) is 4.79 Å². The minimum Gasteiger partial charge on any atom is -0.469 e. The molecule has 0 fully saturated rings. The molecule has 0 saturated heterocycles. The van der Waals surface area contributed by atoms with E-state index in [1.807, 2.05) is 0 Å². The van der Waals surface area contributed by atoms with Crippen LogP contribution in [0.5, 0.6) is 0 Å². The molecule has 1 aliphatic carbocycles. The molecule has 0 aromatic carbocycles. The summed E-state index contributed by atoms with van der Waals surface area (Å²) in [7, 11) is 1.35. The SMILES string of the molecule is C=CC(C1=CCCCC1)C(C)C.COC(C)=O. The van der Waals surface area contributed by atoms with Crippen molar-refractivity contribution in [2.75, 3.05) is 7.11 Å². The number of esters is 1. The number of rotatable bonds is 3. The number of allylic oxidation sites excluding steroid dienone is 3. The van der Waals surface area contributed by atoms with E-state index in [4.69, 9.17) is 0 Å². The first-order chi connectivity index (χ1) is 8.02. The normalized spacial score (nSPS) is 16.4. The molecule has 0 aromatic heterocycles. The predicted octanol–water partition coefficient (Wildman–Crippen LogP) is 4.12. The van der Waals surface area contributed by atoms with E-state index in [9.17, 15) is 4.79 Å². The summed E-state index contributed by atoms with van der Waals surface area (Å²) >= 11 is 0. The quantitative estimate of drug-likeness (QED) is 0.546. The summed E-state index contributed by atoms with van der Waals surface area (Å²) in [6.07, 6.45) is 9.88. The van der Waals surface area contributed by atoms with Gasteiger partial charge in [-0.1, -0.05) is 31.6 Å². The summed E-state index contributed by atoms with van der Waals surface area (Å²) in [6, 6.07) is 0. The van der Waals surface area contributed by atoms with Crippen LogP contribution in [0.3, 0.4) is 0 Å². The van der Waals surface area contributed by atoms with Crippen molar-refractivity contribution >= 4 is 5.97 Å². The lowest BCUT2D eigenvalue weighted by atomic mass is 9.83. The largest absolute Gasteiger partial charge is 0.469 e. The van der Waals surface area contributed by atoms with Gasteiger partial charge in [0, 0.05) is 6.92 Å².